The van der Waals surface area contributed by atoms with Crippen LogP contribution in [0.3, 0.4) is 0 Å². The molecule has 1 N–H and O–H groups in total. The molecule has 168 valence electrons. The number of aliphatic hydroxyl groups excluding tert-OH is 1. The highest BCUT2D eigenvalue weighted by Crippen LogP contribution is 2.44. The smallest absolute Gasteiger partial charge is 0.300 e. The molecule has 1 amide bonds. The molecule has 1 aliphatic heterocycles. The van der Waals surface area contributed by atoms with Gasteiger partial charge < -0.3 is 5.11 Å². The summed E-state index contributed by atoms with van der Waals surface area (Å²) in [6.07, 6.45) is 3.24. The quantitative estimate of drug-likeness (QED) is 0.205. The first-order chi connectivity index (χ1) is 17.1. The first-order valence-corrected chi connectivity index (χ1v) is 11.3. The summed E-state index contributed by atoms with van der Waals surface area (Å²) in [4.78, 5) is 32.6. The van der Waals surface area contributed by atoms with E-state index in [1.54, 1.807) is 30.6 Å². The lowest BCUT2D eigenvalue weighted by Gasteiger charge is -2.26. The molecule has 0 radical (unpaired) electrons. The van der Waals surface area contributed by atoms with Gasteiger partial charge in [0.25, 0.3) is 11.7 Å². The molecular weight excluding hydrogens is 436 g/mol. The lowest BCUT2D eigenvalue weighted by atomic mass is 9.94. The fourth-order valence-electron chi connectivity index (χ4n) is 4.85. The van der Waals surface area contributed by atoms with E-state index in [0.717, 1.165) is 21.5 Å². The van der Waals surface area contributed by atoms with E-state index in [0.29, 0.717) is 16.8 Å². The van der Waals surface area contributed by atoms with Gasteiger partial charge in [0.05, 0.1) is 17.3 Å². The van der Waals surface area contributed by atoms with E-state index in [1.807, 2.05) is 78.9 Å². The van der Waals surface area contributed by atoms with Gasteiger partial charge in [0, 0.05) is 23.3 Å². The summed E-state index contributed by atoms with van der Waals surface area (Å²) in [5, 5.41) is 15.2. The van der Waals surface area contributed by atoms with Crippen molar-refractivity contribution in [2.24, 2.45) is 0 Å². The second kappa shape index (κ2) is 8.22. The fraction of sp³-hybridized carbons (Fsp3) is 0.0333. The van der Waals surface area contributed by atoms with E-state index in [2.05, 4.69) is 4.98 Å². The Bertz CT molecular complexity index is 1650. The third kappa shape index (κ3) is 3.37. The zero-order valence-electron chi connectivity index (χ0n) is 18.6. The highest BCUT2D eigenvalue weighted by atomic mass is 16.3. The first-order valence-electron chi connectivity index (χ1n) is 11.3. The van der Waals surface area contributed by atoms with Crippen LogP contribution < -0.4 is 4.90 Å². The predicted octanol–water partition coefficient (Wildman–Crippen LogP) is 6.01. The molecule has 1 aromatic heterocycles. The van der Waals surface area contributed by atoms with Gasteiger partial charge in [-0.25, -0.2) is 0 Å². The summed E-state index contributed by atoms with van der Waals surface area (Å²) in [5.74, 6) is -1.59. The average molecular weight is 457 g/mol. The van der Waals surface area contributed by atoms with Crippen molar-refractivity contribution in [2.45, 2.75) is 6.04 Å². The molecule has 1 fully saturated rings. The van der Waals surface area contributed by atoms with Gasteiger partial charge >= 0.3 is 0 Å². The summed E-state index contributed by atoms with van der Waals surface area (Å²) < 4.78 is 0. The molecule has 1 unspecified atom stereocenters. The number of fused-ring (bicyclic) bond motifs is 2. The van der Waals surface area contributed by atoms with Gasteiger partial charge in [-0.3, -0.25) is 19.5 Å². The lowest BCUT2D eigenvalue weighted by molar-refractivity contribution is -0.132. The van der Waals surface area contributed by atoms with Crippen molar-refractivity contribution in [1.82, 2.24) is 4.98 Å². The van der Waals surface area contributed by atoms with Crippen LogP contribution in [0.4, 0.5) is 5.69 Å². The van der Waals surface area contributed by atoms with Gasteiger partial charge in [-0.2, -0.15) is 0 Å². The number of rotatable bonds is 3. The summed E-state index contributed by atoms with van der Waals surface area (Å²) in [7, 11) is 0. The molecule has 4 aromatic carbocycles. The van der Waals surface area contributed by atoms with E-state index in [4.69, 9.17) is 0 Å². The van der Waals surface area contributed by atoms with Crippen LogP contribution in [-0.2, 0) is 9.59 Å². The van der Waals surface area contributed by atoms with Crippen LogP contribution in [0.15, 0.2) is 115 Å². The van der Waals surface area contributed by atoms with Gasteiger partial charge in [-0.15, -0.1) is 0 Å². The van der Waals surface area contributed by atoms with Gasteiger partial charge in [0.1, 0.15) is 5.76 Å². The molecule has 1 atom stereocenters. The van der Waals surface area contributed by atoms with E-state index in [1.165, 1.54) is 4.90 Å². The predicted molar refractivity (Wildman–Crippen MR) is 137 cm³/mol. The van der Waals surface area contributed by atoms with E-state index in [-0.39, 0.29) is 11.3 Å². The zero-order chi connectivity index (χ0) is 23.9. The van der Waals surface area contributed by atoms with Gasteiger partial charge in [0.15, 0.2) is 0 Å². The highest BCUT2D eigenvalue weighted by Gasteiger charge is 2.47. The SMILES string of the molecule is O=C1C(=O)N(c2cccc3ccccc23)C(c2ccncc2)/C1=C(\O)c1ccc2ccccc2c1. The highest BCUT2D eigenvalue weighted by molar-refractivity contribution is 6.52. The van der Waals surface area contributed by atoms with Crippen molar-refractivity contribution in [1.29, 1.82) is 0 Å². The normalized spacial score (nSPS) is 17.4. The molecule has 0 bridgehead atoms. The molecule has 0 aliphatic carbocycles. The number of ketones is 1. The topological polar surface area (TPSA) is 70.5 Å². The Morgan fingerprint density at radius 2 is 1.43 bits per heavy atom. The summed E-state index contributed by atoms with van der Waals surface area (Å²) in [6, 6.07) is 29.4. The summed E-state index contributed by atoms with van der Waals surface area (Å²) >= 11 is 0. The molecule has 2 heterocycles. The van der Waals surface area contributed by atoms with E-state index < -0.39 is 17.7 Å². The molecule has 5 aromatic rings. The standard InChI is InChI=1S/C30H20N2O3/c33-28(23-13-12-19-6-1-2-8-22(19)18-23)26-27(21-14-16-31-17-15-21)32(30(35)29(26)34)25-11-5-9-20-7-3-4-10-24(20)25/h1-18,27,33H/b28-26+. The van der Waals surface area contributed by atoms with E-state index in [9.17, 15) is 14.7 Å². The molecule has 6 rings (SSSR count). The van der Waals surface area contributed by atoms with Crippen LogP contribution in [0.1, 0.15) is 17.2 Å². The van der Waals surface area contributed by atoms with Crippen molar-refractivity contribution in [3.63, 3.8) is 0 Å². The third-order valence-corrected chi connectivity index (χ3v) is 6.52. The van der Waals surface area contributed by atoms with Gasteiger partial charge in [0.2, 0.25) is 0 Å². The zero-order valence-corrected chi connectivity index (χ0v) is 18.6. The van der Waals surface area contributed by atoms with Crippen LogP contribution in [-0.4, -0.2) is 21.8 Å². The van der Waals surface area contributed by atoms with Crippen LogP contribution in [0, 0.1) is 0 Å². The molecule has 5 nitrogen and oxygen atoms in total. The van der Waals surface area contributed by atoms with Crippen LogP contribution in [0.25, 0.3) is 27.3 Å². The number of benzene rings is 4. The number of hydrogen-bond donors (Lipinski definition) is 1. The van der Waals surface area contributed by atoms with Crippen LogP contribution in [0.2, 0.25) is 0 Å². The van der Waals surface area contributed by atoms with Crippen molar-refractivity contribution in [3.8, 4) is 0 Å². The number of anilines is 1. The number of hydrogen-bond acceptors (Lipinski definition) is 4. The first kappa shape index (κ1) is 20.8. The summed E-state index contributed by atoms with van der Waals surface area (Å²) in [5.41, 5.74) is 1.85. The molecule has 1 saturated heterocycles. The number of pyridine rings is 1. The Labute approximate surface area is 201 Å². The Balaban J connectivity index is 1.60. The Morgan fingerprint density at radius 3 is 2.23 bits per heavy atom. The lowest BCUT2D eigenvalue weighted by Crippen LogP contribution is -2.29. The van der Waals surface area contributed by atoms with Gasteiger partial charge in [-0.1, -0.05) is 72.8 Å². The number of carbonyl (C=O) groups is 2. The number of aromatic nitrogens is 1. The molecule has 35 heavy (non-hydrogen) atoms. The largest absolute Gasteiger partial charge is 0.507 e. The van der Waals surface area contributed by atoms with Crippen LogP contribution >= 0.6 is 0 Å². The average Bonchev–Trinajstić information content (AvgIpc) is 3.18. The van der Waals surface area contributed by atoms with E-state index >= 15 is 0 Å². The molecular formula is C30H20N2O3. The maximum Gasteiger partial charge on any atom is 0.300 e. The van der Waals surface area contributed by atoms with Crippen molar-refractivity contribution >= 4 is 44.7 Å². The van der Waals surface area contributed by atoms with Crippen LogP contribution in [0.5, 0.6) is 0 Å². The molecule has 5 heteroatoms. The monoisotopic (exact) mass is 456 g/mol. The Kier molecular flexibility index (Phi) is 4.89. The van der Waals surface area contributed by atoms with Crippen molar-refractivity contribution < 1.29 is 14.7 Å². The summed E-state index contributed by atoms with van der Waals surface area (Å²) in [6.45, 7) is 0. The number of aliphatic hydroxyl groups is 1. The maximum absolute atomic E-state index is 13.5. The number of Topliss-reactive ketones (excluding diaryl/α,β-unsaturated/α-hetero) is 1. The molecule has 0 spiro atoms. The number of nitrogens with zero attached hydrogens (tertiary/aromatic N) is 2. The Hall–Kier alpha value is -4.77. The maximum atomic E-state index is 13.5. The fourth-order valence-corrected chi connectivity index (χ4v) is 4.85. The second-order valence-electron chi connectivity index (χ2n) is 8.51. The minimum absolute atomic E-state index is 0.0596. The second-order valence-corrected chi connectivity index (χ2v) is 8.51. The molecule has 0 saturated carbocycles. The van der Waals surface area contributed by atoms with Gasteiger partial charge in [-0.05, 0) is 46.0 Å². The van der Waals surface area contributed by atoms with Crippen molar-refractivity contribution in [2.75, 3.05) is 4.90 Å². The minimum atomic E-state index is -0.796. The Morgan fingerprint density at radius 1 is 0.743 bits per heavy atom. The van der Waals surface area contributed by atoms with Crippen molar-refractivity contribution in [3.05, 3.63) is 126 Å². The molecule has 1 aliphatic rings. The number of amides is 1. The third-order valence-electron chi connectivity index (χ3n) is 6.52. The minimum Gasteiger partial charge on any atom is -0.507 e. The number of carbonyl (C=O) groups excluding carboxylic acids is 2.